The molecule has 1 saturated carbocycles. The van der Waals surface area contributed by atoms with E-state index in [4.69, 9.17) is 0 Å². The van der Waals surface area contributed by atoms with Crippen LogP contribution < -0.4 is 10.6 Å². The third-order valence-corrected chi connectivity index (χ3v) is 7.20. The Morgan fingerprint density at radius 1 is 1.26 bits per heavy atom. The summed E-state index contributed by atoms with van der Waals surface area (Å²) in [6.45, 7) is 0.556. The number of piperidine rings is 3. The van der Waals surface area contributed by atoms with Crippen molar-refractivity contribution in [2.45, 2.75) is 68.7 Å². The summed E-state index contributed by atoms with van der Waals surface area (Å²) >= 11 is 0. The molecular weight excluding hydrogens is 446 g/mol. The lowest BCUT2D eigenvalue weighted by Gasteiger charge is -2.54. The topological polar surface area (TPSA) is 123 Å². The molecule has 6 atom stereocenters. The molecule has 5 rings (SSSR count). The third kappa shape index (κ3) is 4.62. The van der Waals surface area contributed by atoms with Crippen molar-refractivity contribution in [3.05, 3.63) is 35.9 Å². The van der Waals surface area contributed by atoms with Crippen LogP contribution in [0.1, 0.15) is 50.2 Å². The summed E-state index contributed by atoms with van der Waals surface area (Å²) in [5.74, 6) is -6.89. The molecule has 1 aliphatic carbocycles. The van der Waals surface area contributed by atoms with E-state index in [1.165, 1.54) is 0 Å². The molecule has 4 aliphatic rings. The minimum Gasteiger partial charge on any atom is -0.378 e. The Balaban J connectivity index is 1.56. The zero-order chi connectivity index (χ0) is 24.5. The Morgan fingerprint density at radius 2 is 2.00 bits per heavy atom. The molecule has 1 aromatic carbocycles. The second kappa shape index (κ2) is 9.66. The summed E-state index contributed by atoms with van der Waals surface area (Å²) in [7, 11) is 0. The van der Waals surface area contributed by atoms with Crippen molar-refractivity contribution >= 4 is 17.7 Å². The van der Waals surface area contributed by atoms with Gasteiger partial charge in [-0.05, 0) is 37.7 Å². The van der Waals surface area contributed by atoms with Crippen LogP contribution in [-0.2, 0) is 14.4 Å². The quantitative estimate of drug-likeness (QED) is 0.579. The van der Waals surface area contributed by atoms with Crippen molar-refractivity contribution in [3.8, 4) is 6.07 Å². The summed E-state index contributed by atoms with van der Waals surface area (Å²) < 4.78 is 29.6. The van der Waals surface area contributed by atoms with Crippen LogP contribution in [0, 0.1) is 23.2 Å². The summed E-state index contributed by atoms with van der Waals surface area (Å²) in [5.41, 5.74) is 0.304. The molecule has 3 amide bonds. The number of amides is 3. The van der Waals surface area contributed by atoms with E-state index in [-0.39, 0.29) is 18.7 Å². The highest BCUT2D eigenvalue weighted by Gasteiger charge is 2.61. The van der Waals surface area contributed by atoms with E-state index in [0.717, 1.165) is 11.3 Å². The van der Waals surface area contributed by atoms with Gasteiger partial charge < -0.3 is 20.6 Å². The Hall–Kier alpha value is -3.06. The fourth-order valence-electron chi connectivity index (χ4n) is 5.49. The average Bonchev–Trinajstić information content (AvgIpc) is 2.83. The normalized spacial score (nSPS) is 29.5. The van der Waals surface area contributed by atoms with Gasteiger partial charge in [0.25, 0.3) is 11.8 Å². The standard InChI is InChI=1S/C24H28F2N4O4/c25-24(26)12-17-8-9-18(24)19(30(17)23(34)20(31)14-5-2-1-3-6-14)22(33)29-16(13-27)11-15-7-4-10-28-21(15)32/h1-3,5-6,15-20,31H,4,7-12H2,(H,28,32)(H,29,33)/t15-,16+,17-,18-,19-,20+/m1/s1. The molecule has 3 saturated heterocycles. The van der Waals surface area contributed by atoms with Gasteiger partial charge in [-0.3, -0.25) is 14.4 Å². The number of halogens is 2. The highest BCUT2D eigenvalue weighted by molar-refractivity contribution is 5.91. The van der Waals surface area contributed by atoms with Crippen LogP contribution in [0.4, 0.5) is 8.78 Å². The Labute approximate surface area is 196 Å². The SMILES string of the molecule is N#C[C@H](C[C@H]1CCCNC1=O)NC(=O)[C@H]1[C@H]2CC[C@H](CC2(F)F)N1C(=O)[C@@H](O)c1ccccc1. The number of fused-ring (bicyclic) bond motifs is 3. The lowest BCUT2D eigenvalue weighted by Crippen LogP contribution is -2.69. The number of carbonyl (C=O) groups excluding carboxylic acids is 3. The molecule has 8 nitrogen and oxygen atoms in total. The van der Waals surface area contributed by atoms with Crippen molar-refractivity contribution in [2.75, 3.05) is 6.54 Å². The predicted octanol–water partition coefficient (Wildman–Crippen LogP) is 1.66. The number of benzene rings is 1. The average molecular weight is 475 g/mol. The first-order valence-electron chi connectivity index (χ1n) is 11.6. The van der Waals surface area contributed by atoms with Gasteiger partial charge in [-0.25, -0.2) is 8.78 Å². The molecule has 0 spiro atoms. The minimum absolute atomic E-state index is 0.0587. The van der Waals surface area contributed by atoms with Gasteiger partial charge >= 0.3 is 0 Å². The van der Waals surface area contributed by atoms with E-state index in [2.05, 4.69) is 10.6 Å². The lowest BCUT2D eigenvalue weighted by atomic mass is 9.71. The summed E-state index contributed by atoms with van der Waals surface area (Å²) in [4.78, 5) is 39.7. The molecular formula is C24H28F2N4O4. The molecule has 34 heavy (non-hydrogen) atoms. The molecule has 3 aliphatic heterocycles. The van der Waals surface area contributed by atoms with Crippen LogP contribution in [0.2, 0.25) is 0 Å². The van der Waals surface area contributed by atoms with Gasteiger partial charge in [-0.2, -0.15) is 5.26 Å². The van der Waals surface area contributed by atoms with E-state index in [9.17, 15) is 33.5 Å². The molecule has 0 aromatic heterocycles. The number of nitrogens with one attached hydrogen (secondary N) is 2. The summed E-state index contributed by atoms with van der Waals surface area (Å²) in [6, 6.07) is 6.58. The number of nitriles is 1. The molecule has 1 aromatic rings. The number of aliphatic hydroxyl groups excluding tert-OH is 1. The van der Waals surface area contributed by atoms with Crippen LogP contribution in [0.3, 0.4) is 0 Å². The second-order valence-electron chi connectivity index (χ2n) is 9.36. The molecule has 0 radical (unpaired) electrons. The zero-order valence-electron chi connectivity index (χ0n) is 18.6. The fourth-order valence-corrected chi connectivity index (χ4v) is 5.49. The Morgan fingerprint density at radius 3 is 2.65 bits per heavy atom. The van der Waals surface area contributed by atoms with Crippen LogP contribution in [-0.4, -0.2) is 58.3 Å². The van der Waals surface area contributed by atoms with Gasteiger partial charge in [-0.1, -0.05) is 30.3 Å². The smallest absolute Gasteiger partial charge is 0.256 e. The Kier molecular flexibility index (Phi) is 6.84. The maximum atomic E-state index is 14.8. The molecule has 2 bridgehead atoms. The number of rotatable bonds is 6. The molecule has 182 valence electrons. The fraction of sp³-hybridized carbons (Fsp3) is 0.583. The van der Waals surface area contributed by atoms with Crippen molar-refractivity contribution in [2.24, 2.45) is 11.8 Å². The van der Waals surface area contributed by atoms with Gasteiger partial charge in [0.05, 0.1) is 12.0 Å². The Bertz CT molecular complexity index is 983. The maximum Gasteiger partial charge on any atom is 0.256 e. The number of nitrogens with zero attached hydrogens (tertiary/aromatic N) is 2. The molecule has 3 heterocycles. The number of hydrogen-bond donors (Lipinski definition) is 3. The van der Waals surface area contributed by atoms with Crippen LogP contribution in [0.15, 0.2) is 30.3 Å². The summed E-state index contributed by atoms with van der Waals surface area (Å²) in [6.07, 6.45) is -0.419. The first-order chi connectivity index (χ1) is 16.2. The van der Waals surface area contributed by atoms with Crippen molar-refractivity contribution < 1.29 is 28.3 Å². The lowest BCUT2D eigenvalue weighted by molar-refractivity contribution is -0.198. The maximum absolute atomic E-state index is 14.8. The second-order valence-corrected chi connectivity index (χ2v) is 9.36. The predicted molar refractivity (Wildman–Crippen MR) is 116 cm³/mol. The molecule has 10 heteroatoms. The minimum atomic E-state index is -3.15. The molecule has 3 N–H and O–H groups in total. The zero-order valence-corrected chi connectivity index (χ0v) is 18.6. The number of alkyl halides is 2. The molecule has 4 fully saturated rings. The van der Waals surface area contributed by atoms with E-state index < -0.39 is 60.2 Å². The van der Waals surface area contributed by atoms with Crippen LogP contribution in [0.5, 0.6) is 0 Å². The van der Waals surface area contributed by atoms with Crippen LogP contribution in [0.25, 0.3) is 0 Å². The number of aliphatic hydroxyl groups is 1. The molecule has 0 unspecified atom stereocenters. The van der Waals surface area contributed by atoms with Crippen molar-refractivity contribution in [1.29, 1.82) is 5.26 Å². The van der Waals surface area contributed by atoms with Crippen molar-refractivity contribution in [1.82, 2.24) is 15.5 Å². The van der Waals surface area contributed by atoms with E-state index in [1.807, 2.05) is 6.07 Å². The van der Waals surface area contributed by atoms with E-state index >= 15 is 0 Å². The van der Waals surface area contributed by atoms with Gasteiger partial charge in [0.2, 0.25) is 11.8 Å². The van der Waals surface area contributed by atoms with Gasteiger partial charge in [0, 0.05) is 24.9 Å². The van der Waals surface area contributed by atoms with Crippen LogP contribution >= 0.6 is 0 Å². The van der Waals surface area contributed by atoms with E-state index in [1.54, 1.807) is 30.3 Å². The monoisotopic (exact) mass is 474 g/mol. The van der Waals surface area contributed by atoms with Gasteiger partial charge in [0.15, 0.2) is 6.10 Å². The highest BCUT2D eigenvalue weighted by atomic mass is 19.3. The first kappa shape index (κ1) is 24.1. The van der Waals surface area contributed by atoms with Gasteiger partial charge in [0.1, 0.15) is 12.1 Å². The van der Waals surface area contributed by atoms with E-state index in [0.29, 0.717) is 24.9 Å². The summed E-state index contributed by atoms with van der Waals surface area (Å²) in [5, 5.41) is 25.5. The number of carbonyl (C=O) groups is 3. The first-order valence-corrected chi connectivity index (χ1v) is 11.6. The van der Waals surface area contributed by atoms with Crippen molar-refractivity contribution in [3.63, 3.8) is 0 Å². The number of hydrogen-bond acceptors (Lipinski definition) is 5. The highest BCUT2D eigenvalue weighted by Crippen LogP contribution is 2.49. The third-order valence-electron chi connectivity index (χ3n) is 7.20. The largest absolute Gasteiger partial charge is 0.378 e. The van der Waals surface area contributed by atoms with Gasteiger partial charge in [-0.15, -0.1) is 0 Å².